The summed E-state index contributed by atoms with van der Waals surface area (Å²) in [6.07, 6.45) is -0.598. The van der Waals surface area contributed by atoms with E-state index < -0.39 is 6.10 Å². The van der Waals surface area contributed by atoms with Gasteiger partial charge >= 0.3 is 0 Å². The summed E-state index contributed by atoms with van der Waals surface area (Å²) in [6, 6.07) is 9.33. The summed E-state index contributed by atoms with van der Waals surface area (Å²) in [6.45, 7) is 4.02. The molecule has 3 N–H and O–H groups in total. The Hall–Kier alpha value is 0.520. The molecule has 2 atom stereocenters. The third-order valence-electron chi connectivity index (χ3n) is 3.12. The Kier molecular flexibility index (Phi) is 9.50. The molecule has 1 heterocycles. The summed E-state index contributed by atoms with van der Waals surface area (Å²) in [5.41, 5.74) is 6.93. The van der Waals surface area contributed by atoms with Crippen LogP contribution < -0.4 is 5.73 Å². The van der Waals surface area contributed by atoms with Crippen LogP contribution in [0.1, 0.15) is 11.7 Å². The van der Waals surface area contributed by atoms with Crippen molar-refractivity contribution in [1.82, 2.24) is 4.90 Å². The van der Waals surface area contributed by atoms with E-state index in [9.17, 15) is 5.11 Å². The average Bonchev–Trinajstić information content (AvgIpc) is 2.50. The molecule has 1 aromatic carbocycles. The van der Waals surface area contributed by atoms with Gasteiger partial charge < -0.3 is 15.6 Å². The van der Waals surface area contributed by atoms with Crippen molar-refractivity contribution in [2.45, 2.75) is 12.1 Å². The lowest BCUT2D eigenvalue weighted by molar-refractivity contribution is 0.0249. The van der Waals surface area contributed by atoms with Crippen LogP contribution in [0.25, 0.3) is 0 Å². The lowest BCUT2D eigenvalue weighted by Crippen LogP contribution is -2.45. The molecule has 0 bridgehead atoms. The molecule has 0 aromatic heterocycles. The second-order valence-electron chi connectivity index (χ2n) is 4.43. The SMILES string of the molecule is II.NC(CN1CCOCC1)C(O)c1ccccc1. The lowest BCUT2D eigenvalue weighted by atomic mass is 10.0. The van der Waals surface area contributed by atoms with Crippen molar-refractivity contribution in [2.75, 3.05) is 32.8 Å². The molecule has 1 aromatic rings. The summed E-state index contributed by atoms with van der Waals surface area (Å²) in [4.78, 5) is 2.24. The summed E-state index contributed by atoms with van der Waals surface area (Å²) < 4.78 is 5.28. The quantitative estimate of drug-likeness (QED) is 0.636. The van der Waals surface area contributed by atoms with Gasteiger partial charge in [-0.2, -0.15) is 0 Å². The largest absolute Gasteiger partial charge is 0.387 e. The van der Waals surface area contributed by atoms with E-state index in [2.05, 4.69) is 42.1 Å². The van der Waals surface area contributed by atoms with Crippen molar-refractivity contribution in [2.24, 2.45) is 5.73 Å². The predicted octanol–water partition coefficient (Wildman–Crippen LogP) is 2.15. The maximum absolute atomic E-state index is 10.1. The average molecular weight is 490 g/mol. The fraction of sp³-hybridized carbons (Fsp3) is 0.538. The van der Waals surface area contributed by atoms with Gasteiger partial charge in [0.05, 0.1) is 19.3 Å². The first-order chi connectivity index (χ1) is 9.27. The highest BCUT2D eigenvalue weighted by Crippen LogP contribution is 2.16. The van der Waals surface area contributed by atoms with Gasteiger partial charge in [-0.05, 0) is 5.56 Å². The minimum absolute atomic E-state index is 0.254. The minimum atomic E-state index is -0.598. The molecule has 4 nitrogen and oxygen atoms in total. The summed E-state index contributed by atoms with van der Waals surface area (Å²) >= 11 is 4.24. The van der Waals surface area contributed by atoms with Gasteiger partial charge in [-0.3, -0.25) is 4.90 Å². The van der Waals surface area contributed by atoms with Crippen molar-refractivity contribution in [3.8, 4) is 0 Å². The minimum Gasteiger partial charge on any atom is -0.387 e. The molecule has 0 radical (unpaired) electrons. The summed E-state index contributed by atoms with van der Waals surface area (Å²) in [5.74, 6) is 0. The second kappa shape index (κ2) is 10.3. The number of hydrogen-bond acceptors (Lipinski definition) is 4. The van der Waals surface area contributed by atoms with Crippen molar-refractivity contribution in [3.63, 3.8) is 0 Å². The Morgan fingerprint density at radius 1 is 1.21 bits per heavy atom. The van der Waals surface area contributed by atoms with Crippen molar-refractivity contribution in [3.05, 3.63) is 35.9 Å². The third kappa shape index (κ3) is 6.21. The van der Waals surface area contributed by atoms with Gasteiger partial charge in [0.15, 0.2) is 0 Å². The normalized spacial score (nSPS) is 19.2. The molecule has 1 aliphatic heterocycles. The zero-order valence-corrected chi connectivity index (χ0v) is 15.0. The molecule has 2 unspecified atom stereocenters. The number of hydrogen-bond donors (Lipinski definition) is 2. The van der Waals surface area contributed by atoms with Crippen LogP contribution in [0.15, 0.2) is 30.3 Å². The van der Waals surface area contributed by atoms with Crippen LogP contribution >= 0.6 is 37.2 Å². The molecule has 0 aliphatic carbocycles. The highest BCUT2D eigenvalue weighted by atomic mass is 128. The van der Waals surface area contributed by atoms with Gasteiger partial charge in [0.2, 0.25) is 0 Å². The number of aliphatic hydroxyl groups is 1. The topological polar surface area (TPSA) is 58.7 Å². The predicted molar refractivity (Wildman–Crippen MR) is 94.7 cm³/mol. The molecule has 0 spiro atoms. The molecule has 0 saturated carbocycles. The van der Waals surface area contributed by atoms with E-state index in [0.29, 0.717) is 6.54 Å². The first-order valence-corrected chi connectivity index (χ1v) is 12.5. The third-order valence-corrected chi connectivity index (χ3v) is 3.12. The van der Waals surface area contributed by atoms with E-state index in [4.69, 9.17) is 10.5 Å². The Bertz CT molecular complexity index is 335. The summed E-state index contributed by atoms with van der Waals surface area (Å²) in [7, 11) is 0. The molecule has 1 fully saturated rings. The number of rotatable bonds is 4. The van der Waals surface area contributed by atoms with Gasteiger partial charge in [0.25, 0.3) is 0 Å². The number of nitrogens with zero attached hydrogens (tertiary/aromatic N) is 1. The maximum Gasteiger partial charge on any atom is 0.0953 e. The lowest BCUT2D eigenvalue weighted by Gasteiger charge is -2.30. The van der Waals surface area contributed by atoms with Crippen LogP contribution in [0.4, 0.5) is 0 Å². The Labute approximate surface area is 138 Å². The molecular formula is C13H20I2N2O2. The van der Waals surface area contributed by atoms with E-state index in [-0.39, 0.29) is 6.04 Å². The van der Waals surface area contributed by atoms with Crippen LogP contribution in [0, 0.1) is 0 Å². The molecule has 2 rings (SSSR count). The van der Waals surface area contributed by atoms with Crippen molar-refractivity contribution < 1.29 is 9.84 Å². The Morgan fingerprint density at radius 2 is 1.79 bits per heavy atom. The number of nitrogens with two attached hydrogens (primary N) is 1. The smallest absolute Gasteiger partial charge is 0.0953 e. The summed E-state index contributed by atoms with van der Waals surface area (Å²) in [5, 5.41) is 10.1. The monoisotopic (exact) mass is 490 g/mol. The number of halogens is 2. The van der Waals surface area contributed by atoms with Crippen LogP contribution in [0.5, 0.6) is 0 Å². The zero-order chi connectivity index (χ0) is 14.1. The highest BCUT2D eigenvalue weighted by molar-refractivity contribution is 15.0. The van der Waals surface area contributed by atoms with Gasteiger partial charge in [-0.1, -0.05) is 30.3 Å². The fourth-order valence-corrected chi connectivity index (χ4v) is 2.08. The second-order valence-corrected chi connectivity index (χ2v) is 4.43. The molecule has 19 heavy (non-hydrogen) atoms. The molecule has 1 saturated heterocycles. The highest BCUT2D eigenvalue weighted by Gasteiger charge is 2.20. The molecular weight excluding hydrogens is 470 g/mol. The van der Waals surface area contributed by atoms with Crippen molar-refractivity contribution >= 4 is 37.2 Å². The standard InChI is InChI=1S/C13H20N2O2.I2/c14-12(10-15-6-8-17-9-7-15)13(16)11-4-2-1-3-5-11;1-2/h1-5,12-13,16H,6-10,14H2;. The zero-order valence-electron chi connectivity index (χ0n) is 10.7. The van der Waals surface area contributed by atoms with E-state index in [1.807, 2.05) is 30.3 Å². The molecule has 1 aliphatic rings. The van der Waals surface area contributed by atoms with Crippen LogP contribution in [-0.2, 0) is 4.74 Å². The Balaban J connectivity index is 0.000000861. The number of benzene rings is 1. The van der Waals surface area contributed by atoms with E-state index in [1.165, 1.54) is 0 Å². The van der Waals surface area contributed by atoms with Gasteiger partial charge in [0, 0.05) is 62.9 Å². The van der Waals surface area contributed by atoms with Crippen LogP contribution in [0.2, 0.25) is 0 Å². The van der Waals surface area contributed by atoms with E-state index in [0.717, 1.165) is 31.9 Å². The number of morpholine rings is 1. The van der Waals surface area contributed by atoms with Gasteiger partial charge in [-0.15, -0.1) is 0 Å². The molecule has 108 valence electrons. The fourth-order valence-electron chi connectivity index (χ4n) is 2.08. The molecule has 0 amide bonds. The maximum atomic E-state index is 10.1. The van der Waals surface area contributed by atoms with Gasteiger partial charge in [-0.25, -0.2) is 0 Å². The van der Waals surface area contributed by atoms with Gasteiger partial charge in [0.1, 0.15) is 0 Å². The van der Waals surface area contributed by atoms with E-state index in [1.54, 1.807) is 0 Å². The van der Waals surface area contributed by atoms with E-state index >= 15 is 0 Å². The number of ether oxygens (including phenoxy) is 1. The van der Waals surface area contributed by atoms with Crippen LogP contribution in [-0.4, -0.2) is 48.9 Å². The first kappa shape index (κ1) is 17.6. The van der Waals surface area contributed by atoms with Crippen molar-refractivity contribution in [1.29, 1.82) is 0 Å². The Morgan fingerprint density at radius 3 is 2.37 bits per heavy atom. The van der Waals surface area contributed by atoms with Crippen LogP contribution in [0.3, 0.4) is 0 Å². The number of aliphatic hydroxyl groups excluding tert-OH is 1. The first-order valence-electron chi connectivity index (χ1n) is 6.20. The molecule has 6 heteroatoms.